The molecule has 0 spiro atoms. The number of hydrogen-bond acceptors (Lipinski definition) is 4. The third-order valence-corrected chi connectivity index (χ3v) is 3.99. The number of hydrogen-bond donors (Lipinski definition) is 3. The summed E-state index contributed by atoms with van der Waals surface area (Å²) in [6, 6.07) is 11.5. The molecule has 0 fully saturated rings. The maximum atomic E-state index is 12.9. The highest BCUT2D eigenvalue weighted by atomic mass is 19.4. The number of halogens is 3. The Hall–Kier alpha value is -3.62. The van der Waals surface area contributed by atoms with Crippen LogP contribution in [0, 0.1) is 0 Å². The first-order valence-electron chi connectivity index (χ1n) is 8.17. The number of carbonyl (C=O) groups is 1. The lowest BCUT2D eigenvalue weighted by Gasteiger charge is -2.12. The van der Waals surface area contributed by atoms with Gasteiger partial charge in [0, 0.05) is 23.0 Å². The summed E-state index contributed by atoms with van der Waals surface area (Å²) >= 11 is 0. The number of nitrogens with two attached hydrogens (primary N) is 1. The highest BCUT2D eigenvalue weighted by molar-refractivity contribution is 5.99. The molecule has 0 unspecified atom stereocenters. The van der Waals surface area contributed by atoms with E-state index < -0.39 is 17.8 Å². The summed E-state index contributed by atoms with van der Waals surface area (Å²) in [4.78, 5) is 14.7. The Bertz CT molecular complexity index is 1050. The van der Waals surface area contributed by atoms with Crippen molar-refractivity contribution in [3.63, 3.8) is 0 Å². The lowest BCUT2D eigenvalue weighted by atomic mass is 10.1. The number of urea groups is 1. The number of fused-ring (bicyclic) bond motifs is 1. The minimum atomic E-state index is -4.42. The van der Waals surface area contributed by atoms with Crippen LogP contribution in [-0.2, 0) is 6.18 Å². The van der Waals surface area contributed by atoms with Gasteiger partial charge in [-0.2, -0.15) is 18.3 Å². The van der Waals surface area contributed by atoms with Crippen LogP contribution in [-0.4, -0.2) is 16.7 Å². The molecule has 0 aliphatic heterocycles. The second-order valence-corrected chi connectivity index (χ2v) is 5.96. The molecule has 0 radical (unpaired) electrons. The van der Waals surface area contributed by atoms with E-state index in [1.165, 1.54) is 12.3 Å². The van der Waals surface area contributed by atoms with Crippen molar-refractivity contribution in [3.05, 3.63) is 65.9 Å². The van der Waals surface area contributed by atoms with Crippen molar-refractivity contribution in [3.8, 4) is 0 Å². The molecule has 3 rings (SSSR count). The van der Waals surface area contributed by atoms with Gasteiger partial charge in [0.15, 0.2) is 0 Å². The number of primary amides is 1. The van der Waals surface area contributed by atoms with Crippen LogP contribution in [0.4, 0.5) is 29.3 Å². The topological polar surface area (TPSA) is 92.4 Å². The van der Waals surface area contributed by atoms with Gasteiger partial charge in [0.05, 0.1) is 16.8 Å². The molecule has 6 nitrogen and oxygen atoms in total. The number of aromatic nitrogens is 1. The maximum Gasteiger partial charge on any atom is 0.416 e. The fourth-order valence-electron chi connectivity index (χ4n) is 2.59. The van der Waals surface area contributed by atoms with Gasteiger partial charge in [-0.25, -0.2) is 10.2 Å². The fourth-order valence-corrected chi connectivity index (χ4v) is 2.59. The minimum absolute atomic E-state index is 0.247. The SMILES string of the molecule is C/C(=N\NC(N)=O)c1ccc(Nc2ccnc3cc(C(F)(F)F)ccc23)cc1. The van der Waals surface area contributed by atoms with Gasteiger partial charge in [-0.05, 0) is 42.8 Å². The molecule has 2 aromatic carbocycles. The van der Waals surface area contributed by atoms with Crippen molar-refractivity contribution in [2.45, 2.75) is 13.1 Å². The second kappa shape index (κ2) is 7.55. The van der Waals surface area contributed by atoms with Crippen molar-refractivity contribution in [2.75, 3.05) is 5.32 Å². The van der Waals surface area contributed by atoms with Crippen molar-refractivity contribution in [1.82, 2.24) is 10.4 Å². The molecule has 9 heteroatoms. The molecule has 0 bridgehead atoms. The van der Waals surface area contributed by atoms with Gasteiger partial charge in [-0.1, -0.05) is 18.2 Å². The number of hydrazone groups is 1. The Morgan fingerprint density at radius 1 is 1.11 bits per heavy atom. The Morgan fingerprint density at radius 3 is 2.46 bits per heavy atom. The molecule has 1 aromatic heterocycles. The summed E-state index contributed by atoms with van der Waals surface area (Å²) in [5, 5.41) is 7.59. The molecule has 2 amide bonds. The number of anilines is 2. The van der Waals surface area contributed by atoms with E-state index in [0.717, 1.165) is 23.4 Å². The zero-order valence-corrected chi connectivity index (χ0v) is 14.7. The van der Waals surface area contributed by atoms with Gasteiger partial charge in [0.2, 0.25) is 0 Å². The molecular weight excluding hydrogens is 371 g/mol. The predicted molar refractivity (Wildman–Crippen MR) is 101 cm³/mol. The van der Waals surface area contributed by atoms with Gasteiger partial charge < -0.3 is 11.1 Å². The first kappa shape index (κ1) is 19.2. The summed E-state index contributed by atoms with van der Waals surface area (Å²) < 4.78 is 38.6. The number of pyridine rings is 1. The van der Waals surface area contributed by atoms with Crippen LogP contribution in [0.5, 0.6) is 0 Å². The van der Waals surface area contributed by atoms with Crippen LogP contribution >= 0.6 is 0 Å². The molecule has 0 aliphatic carbocycles. The lowest BCUT2D eigenvalue weighted by molar-refractivity contribution is -0.137. The number of nitrogens with one attached hydrogen (secondary N) is 2. The molecule has 0 saturated heterocycles. The molecule has 144 valence electrons. The van der Waals surface area contributed by atoms with E-state index in [1.54, 1.807) is 37.3 Å². The smallest absolute Gasteiger partial charge is 0.355 e. The molecule has 4 N–H and O–H groups in total. The minimum Gasteiger partial charge on any atom is -0.355 e. The van der Waals surface area contributed by atoms with Crippen LogP contribution in [0.25, 0.3) is 10.9 Å². The molecule has 0 atom stereocenters. The summed E-state index contributed by atoms with van der Waals surface area (Å²) in [5.41, 5.74) is 9.34. The van der Waals surface area contributed by atoms with Crippen LogP contribution in [0.3, 0.4) is 0 Å². The summed E-state index contributed by atoms with van der Waals surface area (Å²) in [7, 11) is 0. The van der Waals surface area contributed by atoms with Crippen molar-refractivity contribution in [1.29, 1.82) is 0 Å². The van der Waals surface area contributed by atoms with Crippen LogP contribution in [0.15, 0.2) is 59.8 Å². The molecule has 1 heterocycles. The van der Waals surface area contributed by atoms with E-state index in [9.17, 15) is 18.0 Å². The lowest BCUT2D eigenvalue weighted by Crippen LogP contribution is -2.25. The third-order valence-electron chi connectivity index (χ3n) is 3.99. The van der Waals surface area contributed by atoms with Crippen molar-refractivity contribution >= 4 is 34.0 Å². The normalized spacial score (nSPS) is 12.1. The predicted octanol–water partition coefficient (Wildman–Crippen LogP) is 4.39. The molecular formula is C19H16F3N5O. The Balaban J connectivity index is 1.85. The number of amides is 2. The monoisotopic (exact) mass is 387 g/mol. The Labute approximate surface area is 158 Å². The van der Waals surface area contributed by atoms with E-state index in [0.29, 0.717) is 16.8 Å². The Morgan fingerprint density at radius 2 is 1.82 bits per heavy atom. The molecule has 0 aliphatic rings. The molecule has 3 aromatic rings. The average Bonchev–Trinajstić information content (AvgIpc) is 2.66. The number of carbonyl (C=O) groups excluding carboxylic acids is 1. The molecule has 0 saturated carbocycles. The standard InChI is InChI=1S/C19H16F3N5O/c1-11(26-27-18(23)28)12-2-5-14(6-3-12)25-16-8-9-24-17-10-13(19(20,21)22)4-7-15(16)17/h2-10H,1H3,(H,24,25)(H3,23,27,28)/b26-11+. The van der Waals surface area contributed by atoms with E-state index in [4.69, 9.17) is 5.73 Å². The molecule has 28 heavy (non-hydrogen) atoms. The quantitative estimate of drug-likeness (QED) is 0.458. The summed E-state index contributed by atoms with van der Waals surface area (Å²) in [6.07, 6.45) is -2.97. The first-order chi connectivity index (χ1) is 13.2. The average molecular weight is 387 g/mol. The van der Waals surface area contributed by atoms with Crippen LogP contribution < -0.4 is 16.5 Å². The fraction of sp³-hybridized carbons (Fsp3) is 0.105. The van der Waals surface area contributed by atoms with Gasteiger partial charge in [-0.3, -0.25) is 4.98 Å². The summed E-state index contributed by atoms with van der Waals surface area (Å²) in [6.45, 7) is 1.72. The first-order valence-corrected chi connectivity index (χ1v) is 8.17. The van der Waals surface area contributed by atoms with Crippen LogP contribution in [0.1, 0.15) is 18.1 Å². The highest BCUT2D eigenvalue weighted by Gasteiger charge is 2.30. The van der Waals surface area contributed by atoms with Crippen molar-refractivity contribution < 1.29 is 18.0 Å². The van der Waals surface area contributed by atoms with E-state index in [-0.39, 0.29) is 5.52 Å². The van der Waals surface area contributed by atoms with Gasteiger partial charge in [-0.15, -0.1) is 0 Å². The van der Waals surface area contributed by atoms with Gasteiger partial charge in [0.25, 0.3) is 0 Å². The largest absolute Gasteiger partial charge is 0.416 e. The number of rotatable bonds is 4. The number of alkyl halides is 3. The summed E-state index contributed by atoms with van der Waals surface area (Å²) in [5.74, 6) is 0. The highest BCUT2D eigenvalue weighted by Crippen LogP contribution is 2.33. The van der Waals surface area contributed by atoms with E-state index in [2.05, 4.69) is 20.8 Å². The third kappa shape index (κ3) is 4.37. The van der Waals surface area contributed by atoms with Crippen molar-refractivity contribution in [2.24, 2.45) is 10.8 Å². The second-order valence-electron chi connectivity index (χ2n) is 5.96. The van der Waals surface area contributed by atoms with E-state index >= 15 is 0 Å². The number of nitrogens with zero attached hydrogens (tertiary/aromatic N) is 2. The van der Waals surface area contributed by atoms with E-state index in [1.807, 2.05) is 0 Å². The maximum absolute atomic E-state index is 12.9. The van der Waals surface area contributed by atoms with Gasteiger partial charge in [0.1, 0.15) is 0 Å². The Kier molecular flexibility index (Phi) is 5.16. The zero-order valence-electron chi connectivity index (χ0n) is 14.7. The van der Waals surface area contributed by atoms with Gasteiger partial charge >= 0.3 is 12.2 Å². The van der Waals surface area contributed by atoms with Crippen LogP contribution in [0.2, 0.25) is 0 Å². The zero-order chi connectivity index (χ0) is 20.3. The number of benzene rings is 2.